The van der Waals surface area contributed by atoms with Crippen LogP contribution in [0.5, 0.6) is 5.75 Å². The number of dihydropyridines is 1. The van der Waals surface area contributed by atoms with Crippen LogP contribution in [-0.2, 0) is 4.79 Å². The number of aromatic hydroxyl groups is 1. The normalized spacial score (nSPS) is 20.8. The van der Waals surface area contributed by atoms with Crippen LogP contribution in [-0.4, -0.2) is 61.7 Å². The third-order valence-corrected chi connectivity index (χ3v) is 8.38. The monoisotopic (exact) mass is 576 g/mol. The number of benzene rings is 1. The summed E-state index contributed by atoms with van der Waals surface area (Å²) in [5.74, 6) is -2.22. The molecule has 2 aliphatic heterocycles. The first-order valence-electron chi connectivity index (χ1n) is 13.8. The second-order valence-corrected chi connectivity index (χ2v) is 11.3. The predicted octanol–water partition coefficient (Wildman–Crippen LogP) is 4.43. The van der Waals surface area contributed by atoms with Crippen molar-refractivity contribution in [1.29, 1.82) is 0 Å². The van der Waals surface area contributed by atoms with E-state index in [1.54, 1.807) is 4.90 Å². The van der Waals surface area contributed by atoms with Gasteiger partial charge in [0.2, 0.25) is 5.91 Å². The van der Waals surface area contributed by atoms with Crippen LogP contribution in [0, 0.1) is 17.6 Å². The third-order valence-electron chi connectivity index (χ3n) is 8.38. The van der Waals surface area contributed by atoms with Gasteiger partial charge in [0.1, 0.15) is 23.1 Å². The Morgan fingerprint density at radius 3 is 2.62 bits per heavy atom. The molecule has 4 heterocycles. The second kappa shape index (κ2) is 10.7. The van der Waals surface area contributed by atoms with E-state index >= 15 is 4.39 Å². The lowest BCUT2D eigenvalue weighted by molar-refractivity contribution is -0.126. The van der Waals surface area contributed by atoms with Crippen molar-refractivity contribution in [1.82, 2.24) is 24.8 Å². The maximum absolute atomic E-state index is 15.9. The van der Waals surface area contributed by atoms with Gasteiger partial charge < -0.3 is 20.2 Å². The molecule has 1 fully saturated rings. The molecular weight excluding hydrogens is 542 g/mol. The number of carbonyl (C=O) groups is 1. The fourth-order valence-electron chi connectivity index (χ4n) is 5.80. The summed E-state index contributed by atoms with van der Waals surface area (Å²) in [5.41, 5.74) is -0.797. The first kappa shape index (κ1) is 29.0. The van der Waals surface area contributed by atoms with Crippen LogP contribution in [0.1, 0.15) is 34.6 Å². The molecule has 2 aromatic heterocycles. The first-order chi connectivity index (χ1) is 19.9. The molecule has 2 aliphatic rings. The Morgan fingerprint density at radius 2 is 1.98 bits per heavy atom. The number of nitrogens with zero attached hydrogens (tertiary/aromatic N) is 5. The van der Waals surface area contributed by atoms with Gasteiger partial charge in [0, 0.05) is 25.7 Å². The summed E-state index contributed by atoms with van der Waals surface area (Å²) in [6.07, 6.45) is 4.90. The molecular formula is C31H34F2N6O3. The van der Waals surface area contributed by atoms with E-state index < -0.39 is 39.9 Å². The van der Waals surface area contributed by atoms with Gasteiger partial charge in [-0.15, -0.1) is 0 Å². The van der Waals surface area contributed by atoms with Crippen LogP contribution >= 0.6 is 0 Å². The molecule has 0 radical (unpaired) electrons. The molecule has 3 aromatic rings. The zero-order valence-electron chi connectivity index (χ0n) is 24.3. The molecule has 1 aromatic carbocycles. The molecule has 2 N–H and O–H groups in total. The number of fused-ring (bicyclic) bond motifs is 1. The predicted molar refractivity (Wildman–Crippen MR) is 159 cm³/mol. The fraction of sp³-hybridized carbons (Fsp3) is 0.355. The number of allylic oxidation sites excluding steroid dienone is 2. The minimum Gasteiger partial charge on any atom is -0.507 e. The maximum Gasteiger partial charge on any atom is 0.355 e. The van der Waals surface area contributed by atoms with Gasteiger partial charge >= 0.3 is 5.69 Å². The van der Waals surface area contributed by atoms with Gasteiger partial charge in [-0.1, -0.05) is 26.5 Å². The Kier molecular flexibility index (Phi) is 7.38. The summed E-state index contributed by atoms with van der Waals surface area (Å²) < 4.78 is 32.2. The average Bonchev–Trinajstić information content (AvgIpc) is 2.93. The highest BCUT2D eigenvalue weighted by molar-refractivity contribution is 5.92. The van der Waals surface area contributed by atoms with Crippen molar-refractivity contribution in [3.05, 3.63) is 76.9 Å². The Balaban J connectivity index is 1.83. The number of hydrogen-bond donors (Lipinski definition) is 2. The number of rotatable bonds is 5. The number of amides is 1. The highest BCUT2D eigenvalue weighted by Gasteiger charge is 2.38. The van der Waals surface area contributed by atoms with E-state index in [2.05, 4.69) is 21.9 Å². The topological polar surface area (TPSA) is 104 Å². The molecule has 42 heavy (non-hydrogen) atoms. The van der Waals surface area contributed by atoms with Crippen molar-refractivity contribution in [3.63, 3.8) is 0 Å². The van der Waals surface area contributed by atoms with Crippen molar-refractivity contribution in [2.75, 3.05) is 24.5 Å². The number of anilines is 1. The Hall–Kier alpha value is -4.54. The standard InChI is InChI=1S/C31H34F2N6O3/c1-7-24(41)37-13-14-38(19(5)16-37)28-20-15-22(33)26(25-21(32)9-8-10-23(25)40)35-29(20)39(30(42)36-28)27-18(4)11-12-34-31(27,6)17(2)3/h7-12,15,17,19,34,40H,1,13-14,16H2,2-6H3/t19-,31?/m0/s1. The third kappa shape index (κ3) is 4.62. The van der Waals surface area contributed by atoms with Gasteiger partial charge in [-0.3, -0.25) is 4.79 Å². The lowest BCUT2D eigenvalue weighted by Crippen LogP contribution is -2.54. The lowest BCUT2D eigenvalue weighted by atomic mass is 9.81. The Labute approximate surface area is 242 Å². The number of aromatic nitrogens is 3. The van der Waals surface area contributed by atoms with Gasteiger partial charge in [-0.25, -0.2) is 23.1 Å². The average molecular weight is 577 g/mol. The smallest absolute Gasteiger partial charge is 0.355 e. The summed E-state index contributed by atoms with van der Waals surface area (Å²) in [5, 5.41) is 14.1. The van der Waals surface area contributed by atoms with Gasteiger partial charge in [0.15, 0.2) is 11.5 Å². The van der Waals surface area contributed by atoms with E-state index in [1.165, 1.54) is 28.8 Å². The van der Waals surface area contributed by atoms with E-state index in [-0.39, 0.29) is 34.7 Å². The van der Waals surface area contributed by atoms with Crippen molar-refractivity contribution in [2.24, 2.45) is 5.92 Å². The van der Waals surface area contributed by atoms with Crippen molar-refractivity contribution < 1.29 is 18.7 Å². The van der Waals surface area contributed by atoms with Gasteiger partial charge in [-0.05, 0) is 68.8 Å². The second-order valence-electron chi connectivity index (χ2n) is 11.3. The summed E-state index contributed by atoms with van der Waals surface area (Å²) in [7, 11) is 0. The van der Waals surface area contributed by atoms with Crippen molar-refractivity contribution >= 4 is 28.5 Å². The minimum absolute atomic E-state index is 0.0000503. The summed E-state index contributed by atoms with van der Waals surface area (Å²) in [4.78, 5) is 38.8. The largest absolute Gasteiger partial charge is 0.507 e. The fourth-order valence-corrected chi connectivity index (χ4v) is 5.80. The Bertz CT molecular complexity index is 1710. The number of piperazine rings is 1. The zero-order valence-corrected chi connectivity index (χ0v) is 24.3. The number of halogens is 2. The number of pyridine rings is 1. The molecule has 220 valence electrons. The molecule has 2 atom stereocenters. The maximum atomic E-state index is 15.9. The van der Waals surface area contributed by atoms with Crippen LogP contribution in [0.2, 0.25) is 0 Å². The van der Waals surface area contributed by atoms with Crippen LogP contribution in [0.25, 0.3) is 28.0 Å². The summed E-state index contributed by atoms with van der Waals surface area (Å²) in [6, 6.07) is 4.58. The molecule has 0 aliphatic carbocycles. The van der Waals surface area contributed by atoms with Crippen LogP contribution < -0.4 is 15.9 Å². The number of phenolic OH excluding ortho intramolecular Hbond substituents is 1. The number of nitrogens with one attached hydrogen (secondary N) is 1. The molecule has 0 saturated carbocycles. The van der Waals surface area contributed by atoms with Gasteiger partial charge in [0.25, 0.3) is 0 Å². The highest BCUT2D eigenvalue weighted by atomic mass is 19.1. The molecule has 0 bridgehead atoms. The molecule has 5 rings (SSSR count). The van der Waals surface area contributed by atoms with E-state index in [0.29, 0.717) is 25.3 Å². The zero-order chi connectivity index (χ0) is 30.5. The van der Waals surface area contributed by atoms with Gasteiger partial charge in [-0.2, -0.15) is 4.98 Å². The number of carbonyl (C=O) groups excluding carboxylic acids is 1. The summed E-state index contributed by atoms with van der Waals surface area (Å²) in [6.45, 7) is 14.3. The first-order valence-corrected chi connectivity index (χ1v) is 13.8. The molecule has 0 spiro atoms. The van der Waals surface area contributed by atoms with E-state index in [0.717, 1.165) is 11.6 Å². The van der Waals surface area contributed by atoms with Crippen LogP contribution in [0.3, 0.4) is 0 Å². The van der Waals surface area contributed by atoms with Crippen LogP contribution in [0.4, 0.5) is 14.6 Å². The van der Waals surface area contributed by atoms with Gasteiger partial charge in [0.05, 0.1) is 22.2 Å². The Morgan fingerprint density at radius 1 is 1.24 bits per heavy atom. The molecule has 1 unspecified atom stereocenters. The number of phenols is 1. The quantitative estimate of drug-likeness (QED) is 0.433. The lowest BCUT2D eigenvalue weighted by Gasteiger charge is -2.42. The van der Waals surface area contributed by atoms with E-state index in [4.69, 9.17) is 0 Å². The molecule has 11 heteroatoms. The van der Waals surface area contributed by atoms with E-state index in [9.17, 15) is 19.1 Å². The number of hydrogen-bond acceptors (Lipinski definition) is 7. The highest BCUT2D eigenvalue weighted by Crippen LogP contribution is 2.39. The van der Waals surface area contributed by atoms with Crippen molar-refractivity contribution in [3.8, 4) is 17.0 Å². The minimum atomic E-state index is -0.886. The summed E-state index contributed by atoms with van der Waals surface area (Å²) >= 11 is 0. The van der Waals surface area contributed by atoms with E-state index in [1.807, 2.05) is 51.8 Å². The van der Waals surface area contributed by atoms with Crippen molar-refractivity contribution in [2.45, 2.75) is 46.2 Å². The molecule has 1 amide bonds. The molecule has 9 nitrogen and oxygen atoms in total. The molecule has 1 saturated heterocycles. The van der Waals surface area contributed by atoms with Crippen LogP contribution in [0.15, 0.2) is 59.6 Å². The SMILES string of the molecule is C=CC(=O)N1CCN(c2nc(=O)n(C3=C(C)C=CNC3(C)C(C)C)c3nc(-c4c(O)cccc4F)c(F)cc23)[C@@H](C)C1.